The lowest BCUT2D eigenvalue weighted by Gasteiger charge is -2.16. The van der Waals surface area contributed by atoms with Gasteiger partial charge in [-0.3, -0.25) is 0 Å². The third-order valence-corrected chi connectivity index (χ3v) is 8.22. The number of nitriles is 3. The van der Waals surface area contributed by atoms with Crippen LogP contribution in [0.3, 0.4) is 0 Å². The van der Waals surface area contributed by atoms with Crippen molar-refractivity contribution in [1.29, 1.82) is 15.8 Å². The molecule has 44 heavy (non-hydrogen) atoms. The summed E-state index contributed by atoms with van der Waals surface area (Å²) in [6.07, 6.45) is 0. The predicted molar refractivity (Wildman–Crippen MR) is 171 cm³/mol. The van der Waals surface area contributed by atoms with E-state index < -0.39 is 0 Å². The van der Waals surface area contributed by atoms with Gasteiger partial charge in [0.25, 0.3) is 0 Å². The van der Waals surface area contributed by atoms with Gasteiger partial charge in [0.15, 0.2) is 0 Å². The number of para-hydroxylation sites is 2. The average molecular weight is 562 g/mol. The van der Waals surface area contributed by atoms with E-state index in [1.54, 1.807) is 18.2 Å². The first-order valence-electron chi connectivity index (χ1n) is 14.0. The highest BCUT2D eigenvalue weighted by molar-refractivity contribution is 6.08. The molecule has 0 aliphatic carbocycles. The summed E-state index contributed by atoms with van der Waals surface area (Å²) in [5.41, 5.74) is 8.46. The van der Waals surface area contributed by atoms with Crippen molar-refractivity contribution in [3.63, 3.8) is 0 Å². The highest BCUT2D eigenvalue weighted by atomic mass is 16.3. The van der Waals surface area contributed by atoms with Gasteiger partial charge in [-0.25, -0.2) is 0 Å². The van der Waals surface area contributed by atoms with Crippen LogP contribution >= 0.6 is 0 Å². The number of hydrogen-bond acceptors (Lipinski definition) is 5. The van der Waals surface area contributed by atoms with E-state index in [1.807, 2.05) is 97.1 Å². The van der Waals surface area contributed by atoms with Gasteiger partial charge in [-0.15, -0.1) is 0 Å². The summed E-state index contributed by atoms with van der Waals surface area (Å²) in [7, 11) is 0. The summed E-state index contributed by atoms with van der Waals surface area (Å²) >= 11 is 0. The van der Waals surface area contributed by atoms with Gasteiger partial charge in [-0.05, 0) is 77.4 Å². The van der Waals surface area contributed by atoms with Crippen molar-refractivity contribution >= 4 is 43.9 Å². The summed E-state index contributed by atoms with van der Waals surface area (Å²) in [6.45, 7) is 0. The van der Waals surface area contributed by atoms with Crippen molar-refractivity contribution in [3.8, 4) is 51.6 Å². The van der Waals surface area contributed by atoms with Crippen molar-refractivity contribution in [2.45, 2.75) is 0 Å². The van der Waals surface area contributed by atoms with E-state index in [2.05, 4.69) is 18.2 Å². The Bertz CT molecular complexity index is 2570. The Morgan fingerprint density at radius 1 is 0.409 bits per heavy atom. The molecule has 0 fully saturated rings. The highest BCUT2D eigenvalue weighted by Crippen LogP contribution is 2.42. The standard InChI is InChI=1S/C39H19N3O2/c40-20-25-6-5-7-26(21-41)39(25)27-17-31(23-13-15-37-33(16-23)29-9-2-4-11-36(29)43-37)34(22-42)32(18-27)24-12-14-30-28-8-1-3-10-35(28)44-38(30)19-24/h1-19H. The van der Waals surface area contributed by atoms with E-state index in [-0.39, 0.29) is 0 Å². The maximum absolute atomic E-state index is 10.7. The van der Waals surface area contributed by atoms with E-state index in [1.165, 1.54) is 0 Å². The molecule has 0 aliphatic heterocycles. The molecular weight excluding hydrogens is 542 g/mol. The van der Waals surface area contributed by atoms with Crippen LogP contribution in [-0.2, 0) is 0 Å². The number of nitrogens with zero attached hydrogens (tertiary/aromatic N) is 3. The van der Waals surface area contributed by atoms with Crippen LogP contribution in [0, 0.1) is 34.0 Å². The van der Waals surface area contributed by atoms with Crippen LogP contribution in [0.2, 0.25) is 0 Å². The molecule has 5 heteroatoms. The van der Waals surface area contributed by atoms with Gasteiger partial charge < -0.3 is 8.83 Å². The topological polar surface area (TPSA) is 97.6 Å². The van der Waals surface area contributed by atoms with Crippen molar-refractivity contribution in [3.05, 3.63) is 132 Å². The minimum Gasteiger partial charge on any atom is -0.456 e. The molecule has 0 N–H and O–H groups in total. The molecule has 0 saturated carbocycles. The molecule has 0 spiro atoms. The molecule has 0 saturated heterocycles. The molecule has 202 valence electrons. The third kappa shape index (κ3) is 3.77. The molecule has 5 nitrogen and oxygen atoms in total. The van der Waals surface area contributed by atoms with Crippen LogP contribution in [0.5, 0.6) is 0 Å². The normalized spacial score (nSPS) is 11.1. The molecule has 2 heterocycles. The van der Waals surface area contributed by atoms with Gasteiger partial charge in [-0.2, -0.15) is 15.8 Å². The summed E-state index contributed by atoms with van der Waals surface area (Å²) in [6, 6.07) is 43.5. The van der Waals surface area contributed by atoms with E-state index in [9.17, 15) is 15.8 Å². The Kier molecular flexibility index (Phi) is 5.56. The zero-order valence-electron chi connectivity index (χ0n) is 23.1. The van der Waals surface area contributed by atoms with Crippen LogP contribution < -0.4 is 0 Å². The van der Waals surface area contributed by atoms with Crippen LogP contribution in [0.1, 0.15) is 16.7 Å². The summed E-state index contributed by atoms with van der Waals surface area (Å²) in [4.78, 5) is 0. The van der Waals surface area contributed by atoms with Gasteiger partial charge in [-0.1, -0.05) is 54.6 Å². The van der Waals surface area contributed by atoms with Gasteiger partial charge >= 0.3 is 0 Å². The molecule has 8 aromatic rings. The predicted octanol–water partition coefficient (Wildman–Crippen LogP) is 10.1. The zero-order chi connectivity index (χ0) is 29.8. The fourth-order valence-electron chi connectivity index (χ4n) is 6.20. The maximum Gasteiger partial charge on any atom is 0.136 e. The van der Waals surface area contributed by atoms with E-state index in [0.29, 0.717) is 44.5 Å². The molecule has 0 bridgehead atoms. The number of furan rings is 2. The zero-order valence-corrected chi connectivity index (χ0v) is 23.1. The van der Waals surface area contributed by atoms with Gasteiger partial charge in [0.1, 0.15) is 28.4 Å². The molecule has 6 aromatic carbocycles. The number of benzene rings is 6. The Hall–Kier alpha value is -6.61. The molecule has 8 rings (SSSR count). The van der Waals surface area contributed by atoms with E-state index >= 15 is 0 Å². The molecule has 2 aromatic heterocycles. The van der Waals surface area contributed by atoms with E-state index in [0.717, 1.165) is 49.4 Å². The second-order valence-electron chi connectivity index (χ2n) is 10.6. The molecular formula is C39H19N3O2. The van der Waals surface area contributed by atoms with Crippen LogP contribution in [-0.4, -0.2) is 0 Å². The Labute approximate surface area is 251 Å². The summed E-state index contributed by atoms with van der Waals surface area (Å²) < 4.78 is 12.3. The fourth-order valence-corrected chi connectivity index (χ4v) is 6.20. The van der Waals surface area contributed by atoms with E-state index in [4.69, 9.17) is 8.83 Å². The second kappa shape index (κ2) is 9.74. The molecule has 0 radical (unpaired) electrons. The Morgan fingerprint density at radius 2 is 0.955 bits per heavy atom. The second-order valence-corrected chi connectivity index (χ2v) is 10.6. The van der Waals surface area contributed by atoms with Crippen molar-refractivity contribution in [1.82, 2.24) is 0 Å². The number of fused-ring (bicyclic) bond motifs is 6. The summed E-state index contributed by atoms with van der Waals surface area (Å²) in [5.74, 6) is 0. The number of rotatable bonds is 3. The molecule has 0 amide bonds. The lowest BCUT2D eigenvalue weighted by Crippen LogP contribution is -1.96. The Balaban J connectivity index is 1.44. The third-order valence-electron chi connectivity index (χ3n) is 8.22. The average Bonchev–Trinajstić information content (AvgIpc) is 3.64. The monoisotopic (exact) mass is 561 g/mol. The highest BCUT2D eigenvalue weighted by Gasteiger charge is 2.20. The largest absolute Gasteiger partial charge is 0.456 e. The van der Waals surface area contributed by atoms with Gasteiger partial charge in [0, 0.05) is 38.2 Å². The number of hydrogen-bond donors (Lipinski definition) is 0. The van der Waals surface area contributed by atoms with Gasteiger partial charge in [0.05, 0.1) is 28.8 Å². The van der Waals surface area contributed by atoms with Crippen LogP contribution in [0.4, 0.5) is 0 Å². The van der Waals surface area contributed by atoms with Crippen molar-refractivity contribution < 1.29 is 8.83 Å². The minimum atomic E-state index is 0.384. The minimum absolute atomic E-state index is 0.384. The first kappa shape index (κ1) is 25.1. The fraction of sp³-hybridized carbons (Fsp3) is 0. The van der Waals surface area contributed by atoms with Crippen molar-refractivity contribution in [2.24, 2.45) is 0 Å². The smallest absolute Gasteiger partial charge is 0.136 e. The molecule has 0 unspecified atom stereocenters. The van der Waals surface area contributed by atoms with Crippen molar-refractivity contribution in [2.75, 3.05) is 0 Å². The lowest BCUT2D eigenvalue weighted by molar-refractivity contribution is 0.668. The first-order valence-corrected chi connectivity index (χ1v) is 14.0. The summed E-state index contributed by atoms with van der Waals surface area (Å²) in [5, 5.41) is 34.6. The maximum atomic E-state index is 10.7. The lowest BCUT2D eigenvalue weighted by atomic mass is 9.86. The molecule has 0 aliphatic rings. The SMILES string of the molecule is N#Cc1cccc(C#N)c1-c1cc(-c2ccc3c(c2)oc2ccccc23)c(C#N)c(-c2ccc3oc4ccccc4c3c2)c1. The quantitative estimate of drug-likeness (QED) is 0.214. The van der Waals surface area contributed by atoms with Gasteiger partial charge in [0.2, 0.25) is 0 Å². The van der Waals surface area contributed by atoms with Crippen LogP contribution in [0.25, 0.3) is 77.3 Å². The Morgan fingerprint density at radius 3 is 1.61 bits per heavy atom. The van der Waals surface area contributed by atoms with Crippen LogP contribution in [0.15, 0.2) is 124 Å². The first-order chi connectivity index (χ1) is 21.7. The molecule has 0 atom stereocenters.